The van der Waals surface area contributed by atoms with Crippen molar-refractivity contribution in [3.8, 4) is 11.1 Å². The molecule has 16 heavy (non-hydrogen) atoms. The molecule has 0 amide bonds. The molecule has 0 radical (unpaired) electrons. The molecule has 1 aromatic heterocycles. The Morgan fingerprint density at radius 2 is 1.69 bits per heavy atom. The Morgan fingerprint density at radius 3 is 2.50 bits per heavy atom. The molecule has 0 spiro atoms. The van der Waals surface area contributed by atoms with Crippen LogP contribution in [0.2, 0.25) is 0 Å². The second-order valence-corrected chi connectivity index (χ2v) is 4.78. The molecule has 0 N–H and O–H groups in total. The topological polar surface area (TPSA) is 12.9 Å². The number of aryl methyl sites for hydroxylation is 3. The second-order valence-electron chi connectivity index (χ2n) is 4.78. The summed E-state index contributed by atoms with van der Waals surface area (Å²) in [6.45, 7) is 6.46. The van der Waals surface area contributed by atoms with E-state index in [1.54, 1.807) is 0 Å². The monoisotopic (exact) mass is 209 g/mol. The van der Waals surface area contributed by atoms with E-state index >= 15 is 0 Å². The highest BCUT2D eigenvalue weighted by molar-refractivity contribution is 5.76. The Hall–Kier alpha value is -1.63. The predicted octanol–water partition coefficient (Wildman–Crippen LogP) is 3.58. The first-order valence-corrected chi connectivity index (χ1v) is 5.71. The third-order valence-corrected chi connectivity index (χ3v) is 3.47. The number of benzene rings is 1. The largest absolute Gasteiger partial charge is 0.260 e. The fourth-order valence-corrected chi connectivity index (χ4v) is 2.42. The summed E-state index contributed by atoms with van der Waals surface area (Å²) in [5.41, 5.74) is 9.36. The Kier molecular flexibility index (Phi) is 1.90. The Morgan fingerprint density at radius 1 is 0.938 bits per heavy atom. The lowest BCUT2D eigenvalue weighted by molar-refractivity contribution is 1.10. The summed E-state index contributed by atoms with van der Waals surface area (Å²) in [6, 6.07) is 6.86. The molecule has 0 bridgehead atoms. The first-order valence-electron chi connectivity index (χ1n) is 5.71. The summed E-state index contributed by atoms with van der Waals surface area (Å²) in [7, 11) is 0. The van der Waals surface area contributed by atoms with Crippen LogP contribution in [-0.2, 0) is 6.42 Å². The molecule has 1 aromatic carbocycles. The van der Waals surface area contributed by atoms with Gasteiger partial charge < -0.3 is 0 Å². The van der Waals surface area contributed by atoms with Crippen molar-refractivity contribution in [1.82, 2.24) is 4.98 Å². The van der Waals surface area contributed by atoms with Gasteiger partial charge in [0.2, 0.25) is 0 Å². The normalized spacial score (nSPS) is 12.4. The molecule has 0 atom stereocenters. The van der Waals surface area contributed by atoms with Gasteiger partial charge >= 0.3 is 0 Å². The first-order chi connectivity index (χ1) is 7.65. The molecule has 1 heterocycles. The SMILES string of the molecule is Cc1cnc2c(c1)-c1cc(C)c(C)cc1C2. The maximum Gasteiger partial charge on any atom is 0.0526 e. The molecule has 1 heteroatoms. The fraction of sp³-hybridized carbons (Fsp3) is 0.267. The lowest BCUT2D eigenvalue weighted by Crippen LogP contribution is -1.86. The van der Waals surface area contributed by atoms with Crippen molar-refractivity contribution in [1.29, 1.82) is 0 Å². The summed E-state index contributed by atoms with van der Waals surface area (Å²) in [5, 5.41) is 0. The zero-order chi connectivity index (χ0) is 11.3. The summed E-state index contributed by atoms with van der Waals surface area (Å²) in [4.78, 5) is 4.53. The first kappa shape index (κ1) is 9.59. The maximum absolute atomic E-state index is 4.53. The zero-order valence-corrected chi connectivity index (χ0v) is 9.96. The highest BCUT2D eigenvalue weighted by atomic mass is 14.7. The number of hydrogen-bond donors (Lipinski definition) is 0. The van der Waals surface area contributed by atoms with E-state index in [2.05, 4.69) is 44.0 Å². The number of hydrogen-bond acceptors (Lipinski definition) is 1. The van der Waals surface area contributed by atoms with Crippen molar-refractivity contribution < 1.29 is 0 Å². The number of aromatic nitrogens is 1. The molecule has 0 aliphatic heterocycles. The van der Waals surface area contributed by atoms with E-state index in [0.717, 1.165) is 6.42 Å². The van der Waals surface area contributed by atoms with Crippen LogP contribution in [-0.4, -0.2) is 4.98 Å². The van der Waals surface area contributed by atoms with Crippen molar-refractivity contribution in [2.24, 2.45) is 0 Å². The minimum Gasteiger partial charge on any atom is -0.260 e. The standard InChI is InChI=1S/C15H15N/c1-9-4-14-13-6-11(3)10(2)5-12(13)7-15(14)16-8-9/h4-6,8H,7H2,1-3H3. The summed E-state index contributed by atoms with van der Waals surface area (Å²) in [6.07, 6.45) is 2.95. The highest BCUT2D eigenvalue weighted by Crippen LogP contribution is 2.37. The molecule has 0 saturated carbocycles. The van der Waals surface area contributed by atoms with Crippen LogP contribution in [0.5, 0.6) is 0 Å². The number of fused-ring (bicyclic) bond motifs is 3. The van der Waals surface area contributed by atoms with Crippen molar-refractivity contribution in [2.75, 3.05) is 0 Å². The average molecular weight is 209 g/mol. The van der Waals surface area contributed by atoms with Gasteiger partial charge in [0, 0.05) is 18.2 Å². The van der Waals surface area contributed by atoms with E-state index in [9.17, 15) is 0 Å². The van der Waals surface area contributed by atoms with Gasteiger partial charge in [0.15, 0.2) is 0 Å². The van der Waals surface area contributed by atoms with Gasteiger partial charge in [-0.3, -0.25) is 4.98 Å². The third kappa shape index (κ3) is 1.28. The van der Waals surface area contributed by atoms with Gasteiger partial charge in [0.1, 0.15) is 0 Å². The smallest absolute Gasteiger partial charge is 0.0526 e. The number of pyridine rings is 1. The van der Waals surface area contributed by atoms with Gasteiger partial charge in [-0.25, -0.2) is 0 Å². The molecule has 1 nitrogen and oxygen atoms in total. The van der Waals surface area contributed by atoms with Crippen LogP contribution in [0.15, 0.2) is 24.4 Å². The molecule has 0 saturated heterocycles. The van der Waals surface area contributed by atoms with Crippen LogP contribution in [0, 0.1) is 20.8 Å². The third-order valence-electron chi connectivity index (χ3n) is 3.47. The van der Waals surface area contributed by atoms with E-state index in [-0.39, 0.29) is 0 Å². The molecule has 0 unspecified atom stereocenters. The van der Waals surface area contributed by atoms with Gasteiger partial charge in [-0.2, -0.15) is 0 Å². The number of nitrogens with zero attached hydrogens (tertiary/aromatic N) is 1. The van der Waals surface area contributed by atoms with Crippen LogP contribution in [0.25, 0.3) is 11.1 Å². The molecule has 3 rings (SSSR count). The van der Waals surface area contributed by atoms with Crippen molar-refractivity contribution >= 4 is 0 Å². The van der Waals surface area contributed by atoms with Gasteiger partial charge in [-0.1, -0.05) is 12.1 Å². The van der Waals surface area contributed by atoms with Crippen molar-refractivity contribution in [3.63, 3.8) is 0 Å². The van der Waals surface area contributed by atoms with Crippen LogP contribution in [0.1, 0.15) is 27.9 Å². The van der Waals surface area contributed by atoms with E-state index < -0.39 is 0 Å². The van der Waals surface area contributed by atoms with Gasteiger partial charge in [0.05, 0.1) is 5.69 Å². The molecule has 1 aliphatic rings. The highest BCUT2D eigenvalue weighted by Gasteiger charge is 2.20. The molecular formula is C15H15N. The van der Waals surface area contributed by atoms with E-state index in [1.807, 2.05) is 6.20 Å². The molecule has 0 fully saturated rings. The molecule has 80 valence electrons. The van der Waals surface area contributed by atoms with Crippen LogP contribution < -0.4 is 0 Å². The van der Waals surface area contributed by atoms with E-state index in [4.69, 9.17) is 0 Å². The quantitative estimate of drug-likeness (QED) is 0.551. The van der Waals surface area contributed by atoms with Gasteiger partial charge in [-0.15, -0.1) is 0 Å². The van der Waals surface area contributed by atoms with Crippen molar-refractivity contribution in [3.05, 3.63) is 52.3 Å². The average Bonchev–Trinajstić information content (AvgIpc) is 2.57. The van der Waals surface area contributed by atoms with E-state index in [1.165, 1.54) is 39.1 Å². The Balaban J connectivity index is 2.28. The summed E-state index contributed by atoms with van der Waals surface area (Å²) < 4.78 is 0. The molecule has 2 aromatic rings. The van der Waals surface area contributed by atoms with Crippen LogP contribution in [0.3, 0.4) is 0 Å². The lowest BCUT2D eigenvalue weighted by atomic mass is 10.00. The van der Waals surface area contributed by atoms with Crippen LogP contribution in [0.4, 0.5) is 0 Å². The summed E-state index contributed by atoms with van der Waals surface area (Å²) in [5.74, 6) is 0. The van der Waals surface area contributed by atoms with Crippen molar-refractivity contribution in [2.45, 2.75) is 27.2 Å². The lowest BCUT2D eigenvalue weighted by Gasteiger charge is -2.05. The minimum absolute atomic E-state index is 0.992. The zero-order valence-electron chi connectivity index (χ0n) is 9.96. The molecular weight excluding hydrogens is 194 g/mol. The summed E-state index contributed by atoms with van der Waals surface area (Å²) >= 11 is 0. The molecule has 1 aliphatic carbocycles. The van der Waals surface area contributed by atoms with Gasteiger partial charge in [0.25, 0.3) is 0 Å². The Bertz CT molecular complexity index is 582. The fourth-order valence-electron chi connectivity index (χ4n) is 2.42. The maximum atomic E-state index is 4.53. The number of rotatable bonds is 0. The second kappa shape index (κ2) is 3.18. The van der Waals surface area contributed by atoms with Crippen LogP contribution >= 0.6 is 0 Å². The Labute approximate surface area is 96.2 Å². The van der Waals surface area contributed by atoms with E-state index in [0.29, 0.717) is 0 Å². The predicted molar refractivity (Wildman–Crippen MR) is 66.7 cm³/mol. The minimum atomic E-state index is 0.992. The van der Waals surface area contributed by atoms with Gasteiger partial charge in [-0.05, 0) is 54.7 Å².